The van der Waals surface area contributed by atoms with Crippen molar-refractivity contribution in [1.29, 1.82) is 0 Å². The Labute approximate surface area is 157 Å². The van der Waals surface area contributed by atoms with Crippen molar-refractivity contribution in [2.24, 2.45) is 0 Å². The Balaban J connectivity index is 1.67. The standard InChI is InChI=1S/C20H31BN2O3/c1-19(2)20(3,4)26-21(25-19)18-6-5-16(23-10-8-22-9-11-23)13-17(18)15-7-12-24-14-15/h5-6,13,15,22H,7-12,14H2,1-4H3. The van der Waals surface area contributed by atoms with E-state index in [0.717, 1.165) is 51.3 Å². The Morgan fingerprint density at radius 2 is 1.77 bits per heavy atom. The molecule has 1 atom stereocenters. The molecule has 0 aromatic heterocycles. The summed E-state index contributed by atoms with van der Waals surface area (Å²) in [6.07, 6.45) is 1.07. The zero-order valence-electron chi connectivity index (χ0n) is 16.5. The van der Waals surface area contributed by atoms with Gasteiger partial charge in [0.25, 0.3) is 0 Å². The first-order valence-electron chi connectivity index (χ1n) is 9.90. The van der Waals surface area contributed by atoms with E-state index in [1.54, 1.807) is 0 Å². The third-order valence-corrected chi connectivity index (χ3v) is 6.43. The number of piperazine rings is 1. The topological polar surface area (TPSA) is 43.0 Å². The maximum absolute atomic E-state index is 6.35. The van der Waals surface area contributed by atoms with Crippen LogP contribution in [0.1, 0.15) is 45.6 Å². The van der Waals surface area contributed by atoms with Gasteiger partial charge in [-0.1, -0.05) is 6.07 Å². The van der Waals surface area contributed by atoms with E-state index in [-0.39, 0.29) is 18.3 Å². The van der Waals surface area contributed by atoms with Crippen LogP contribution in [-0.4, -0.2) is 57.7 Å². The van der Waals surface area contributed by atoms with Crippen molar-refractivity contribution in [3.05, 3.63) is 23.8 Å². The monoisotopic (exact) mass is 358 g/mol. The summed E-state index contributed by atoms with van der Waals surface area (Å²) < 4.78 is 18.4. The van der Waals surface area contributed by atoms with Crippen LogP contribution >= 0.6 is 0 Å². The molecule has 6 heteroatoms. The van der Waals surface area contributed by atoms with Gasteiger partial charge in [0.05, 0.1) is 17.8 Å². The smallest absolute Gasteiger partial charge is 0.399 e. The van der Waals surface area contributed by atoms with Crippen molar-refractivity contribution in [2.75, 3.05) is 44.3 Å². The van der Waals surface area contributed by atoms with Crippen LogP contribution in [0.25, 0.3) is 0 Å². The van der Waals surface area contributed by atoms with Crippen molar-refractivity contribution in [3.63, 3.8) is 0 Å². The van der Waals surface area contributed by atoms with Gasteiger partial charge in [-0.15, -0.1) is 0 Å². The number of hydrogen-bond donors (Lipinski definition) is 1. The first-order valence-corrected chi connectivity index (χ1v) is 9.90. The summed E-state index contributed by atoms with van der Waals surface area (Å²) in [4.78, 5) is 2.46. The average molecular weight is 358 g/mol. The van der Waals surface area contributed by atoms with Crippen molar-refractivity contribution in [1.82, 2.24) is 5.32 Å². The lowest BCUT2D eigenvalue weighted by Gasteiger charge is -2.32. The molecule has 1 N–H and O–H groups in total. The van der Waals surface area contributed by atoms with Crippen molar-refractivity contribution in [3.8, 4) is 0 Å². The van der Waals surface area contributed by atoms with E-state index in [2.05, 4.69) is 56.1 Å². The summed E-state index contributed by atoms with van der Waals surface area (Å²) in [5.74, 6) is 0.423. The first-order chi connectivity index (χ1) is 12.4. The Morgan fingerprint density at radius 3 is 2.38 bits per heavy atom. The molecule has 1 aromatic carbocycles. The minimum atomic E-state index is -0.321. The average Bonchev–Trinajstić information content (AvgIpc) is 3.22. The van der Waals surface area contributed by atoms with Gasteiger partial charge in [-0.2, -0.15) is 0 Å². The number of nitrogens with one attached hydrogen (secondary N) is 1. The van der Waals surface area contributed by atoms with Crippen LogP contribution in [0.5, 0.6) is 0 Å². The zero-order valence-corrected chi connectivity index (χ0v) is 16.5. The third kappa shape index (κ3) is 3.28. The van der Waals surface area contributed by atoms with E-state index in [1.807, 2.05) is 0 Å². The van der Waals surface area contributed by atoms with Crippen LogP contribution in [0.15, 0.2) is 18.2 Å². The second-order valence-electron chi connectivity index (χ2n) is 8.70. The fraction of sp³-hybridized carbons (Fsp3) is 0.700. The summed E-state index contributed by atoms with van der Waals surface area (Å²) in [7, 11) is -0.312. The molecule has 0 radical (unpaired) electrons. The molecular formula is C20H31BN2O3. The molecule has 0 bridgehead atoms. The van der Waals surface area contributed by atoms with E-state index in [9.17, 15) is 0 Å². The quantitative estimate of drug-likeness (QED) is 0.836. The molecule has 3 fully saturated rings. The number of hydrogen-bond acceptors (Lipinski definition) is 5. The minimum absolute atomic E-state index is 0.312. The highest BCUT2D eigenvalue weighted by Gasteiger charge is 2.52. The van der Waals surface area contributed by atoms with Crippen LogP contribution in [0.4, 0.5) is 5.69 Å². The van der Waals surface area contributed by atoms with Crippen molar-refractivity contribution >= 4 is 18.3 Å². The number of benzene rings is 1. The normalized spacial score (nSPS) is 27.9. The van der Waals surface area contributed by atoms with Gasteiger partial charge < -0.3 is 24.3 Å². The van der Waals surface area contributed by atoms with Gasteiger partial charge in [-0.3, -0.25) is 0 Å². The van der Waals surface area contributed by atoms with Gasteiger partial charge in [-0.05, 0) is 57.3 Å². The second-order valence-corrected chi connectivity index (χ2v) is 8.70. The van der Waals surface area contributed by atoms with Gasteiger partial charge >= 0.3 is 7.12 Å². The van der Waals surface area contributed by atoms with Gasteiger partial charge in [0.15, 0.2) is 0 Å². The molecule has 3 aliphatic rings. The summed E-state index contributed by atoms with van der Waals surface area (Å²) in [6.45, 7) is 14.3. The zero-order chi connectivity index (χ0) is 18.4. The van der Waals surface area contributed by atoms with Crippen molar-refractivity contribution in [2.45, 2.75) is 51.2 Å². The molecule has 1 unspecified atom stereocenters. The van der Waals surface area contributed by atoms with Gasteiger partial charge in [0.2, 0.25) is 0 Å². The largest absolute Gasteiger partial charge is 0.495 e. The van der Waals surface area contributed by atoms with E-state index < -0.39 is 0 Å². The lowest BCUT2D eigenvalue weighted by molar-refractivity contribution is 0.00578. The summed E-state index contributed by atoms with van der Waals surface area (Å²) in [5, 5.41) is 3.43. The predicted octanol–water partition coefficient (Wildman–Crippen LogP) is 1.90. The second kappa shape index (κ2) is 6.82. The van der Waals surface area contributed by atoms with E-state index in [1.165, 1.54) is 11.3 Å². The number of nitrogens with zero attached hydrogens (tertiary/aromatic N) is 1. The lowest BCUT2D eigenvalue weighted by Crippen LogP contribution is -2.44. The molecule has 4 rings (SSSR count). The molecule has 3 heterocycles. The first kappa shape index (κ1) is 18.3. The minimum Gasteiger partial charge on any atom is -0.399 e. The fourth-order valence-electron chi connectivity index (χ4n) is 4.00. The fourth-order valence-corrected chi connectivity index (χ4v) is 4.00. The Bertz CT molecular complexity index is 636. The van der Waals surface area contributed by atoms with Crippen LogP contribution in [-0.2, 0) is 14.0 Å². The highest BCUT2D eigenvalue weighted by Crippen LogP contribution is 2.38. The highest BCUT2D eigenvalue weighted by molar-refractivity contribution is 6.62. The van der Waals surface area contributed by atoms with Gasteiger partial charge in [0.1, 0.15) is 0 Å². The molecule has 0 aliphatic carbocycles. The lowest BCUT2D eigenvalue weighted by atomic mass is 9.72. The van der Waals surface area contributed by atoms with E-state index in [4.69, 9.17) is 14.0 Å². The summed E-state index contributed by atoms with van der Waals surface area (Å²) in [6, 6.07) is 6.79. The van der Waals surface area contributed by atoms with E-state index in [0.29, 0.717) is 5.92 Å². The molecule has 0 spiro atoms. The number of anilines is 1. The molecule has 1 aromatic rings. The van der Waals surface area contributed by atoms with Crippen LogP contribution in [0.2, 0.25) is 0 Å². The van der Waals surface area contributed by atoms with Crippen LogP contribution in [0, 0.1) is 0 Å². The Hall–Kier alpha value is -1.08. The molecule has 3 saturated heterocycles. The highest BCUT2D eigenvalue weighted by atomic mass is 16.7. The number of rotatable bonds is 3. The SMILES string of the molecule is CC1(C)OB(c2ccc(N3CCNCC3)cc2C2CCOC2)OC1(C)C. The molecule has 26 heavy (non-hydrogen) atoms. The van der Waals surface area contributed by atoms with Crippen molar-refractivity contribution < 1.29 is 14.0 Å². The molecule has 0 amide bonds. The molecule has 5 nitrogen and oxygen atoms in total. The summed E-state index contributed by atoms with van der Waals surface area (Å²) >= 11 is 0. The molecular weight excluding hydrogens is 327 g/mol. The maximum atomic E-state index is 6.35. The Morgan fingerprint density at radius 1 is 1.08 bits per heavy atom. The van der Waals surface area contributed by atoms with Crippen LogP contribution in [0.3, 0.4) is 0 Å². The molecule has 3 aliphatic heterocycles. The van der Waals surface area contributed by atoms with E-state index >= 15 is 0 Å². The third-order valence-electron chi connectivity index (χ3n) is 6.43. The number of ether oxygens (including phenoxy) is 1. The Kier molecular flexibility index (Phi) is 4.80. The van der Waals surface area contributed by atoms with Gasteiger partial charge in [-0.25, -0.2) is 0 Å². The van der Waals surface area contributed by atoms with Gasteiger partial charge in [0, 0.05) is 44.4 Å². The maximum Gasteiger partial charge on any atom is 0.495 e. The van der Waals surface area contributed by atoms with Crippen LogP contribution < -0.4 is 15.7 Å². The molecule has 142 valence electrons. The summed E-state index contributed by atoms with van der Waals surface area (Å²) in [5.41, 5.74) is 3.15. The molecule has 0 saturated carbocycles. The predicted molar refractivity (Wildman–Crippen MR) is 105 cm³/mol.